The summed E-state index contributed by atoms with van der Waals surface area (Å²) in [6.45, 7) is 4.27. The summed E-state index contributed by atoms with van der Waals surface area (Å²) >= 11 is 0. The van der Waals surface area contributed by atoms with Gasteiger partial charge in [0.15, 0.2) is 0 Å². The summed E-state index contributed by atoms with van der Waals surface area (Å²) in [6, 6.07) is 1.03. The fourth-order valence-electron chi connectivity index (χ4n) is 3.06. The molecule has 200 valence electrons. The molecular weight excluding hydrogens is 474 g/mol. The molecule has 1 aromatic rings. The summed E-state index contributed by atoms with van der Waals surface area (Å²) in [5.41, 5.74) is 5.74. The summed E-state index contributed by atoms with van der Waals surface area (Å²) in [7, 11) is 0. The number of aromatic hydroxyl groups is 1. The summed E-state index contributed by atoms with van der Waals surface area (Å²) in [4.78, 5) is 61.4. The number of rotatable bonds is 14. The van der Waals surface area contributed by atoms with Gasteiger partial charge in [-0.15, -0.1) is 0 Å². The molecule has 1 rings (SSSR count). The number of aliphatic hydroxyl groups excluding tert-OH is 1. The summed E-state index contributed by atoms with van der Waals surface area (Å²) in [5, 5.41) is 37.5. The highest BCUT2D eigenvalue weighted by atomic mass is 16.4. The van der Waals surface area contributed by atoms with Crippen molar-refractivity contribution in [3.05, 3.63) is 24.3 Å². The maximum Gasteiger partial charge on any atom is 0.303 e. The van der Waals surface area contributed by atoms with Crippen molar-refractivity contribution in [2.24, 2.45) is 11.7 Å². The number of hydrogen-bond acceptors (Lipinski definition) is 8. The third kappa shape index (κ3) is 9.88. The van der Waals surface area contributed by atoms with E-state index < -0.39 is 66.8 Å². The summed E-state index contributed by atoms with van der Waals surface area (Å²) < 4.78 is 0. The van der Waals surface area contributed by atoms with E-state index in [2.05, 4.69) is 21.3 Å². The third-order valence-corrected chi connectivity index (χ3v) is 5.47. The van der Waals surface area contributed by atoms with Crippen LogP contribution in [0.5, 0.6) is 5.75 Å². The highest BCUT2D eigenvalue weighted by Gasteiger charge is 2.31. The Morgan fingerprint density at radius 3 is 2.19 bits per heavy atom. The number of carboxylic acids is 1. The molecule has 0 aliphatic rings. The van der Waals surface area contributed by atoms with Gasteiger partial charge in [0.05, 0.1) is 6.61 Å². The van der Waals surface area contributed by atoms with Gasteiger partial charge >= 0.3 is 5.97 Å². The Balaban J connectivity index is 2.90. The molecule has 0 saturated carbocycles. The van der Waals surface area contributed by atoms with Crippen LogP contribution >= 0.6 is 0 Å². The lowest BCUT2D eigenvalue weighted by atomic mass is 9.97. The van der Waals surface area contributed by atoms with Gasteiger partial charge in [-0.05, 0) is 31.4 Å². The average molecular weight is 510 g/mol. The Morgan fingerprint density at radius 1 is 0.972 bits per heavy atom. The number of anilines is 1. The fourth-order valence-corrected chi connectivity index (χ4v) is 3.06. The van der Waals surface area contributed by atoms with Crippen molar-refractivity contribution < 1.29 is 39.3 Å². The average Bonchev–Trinajstić information content (AvgIpc) is 2.83. The van der Waals surface area contributed by atoms with Crippen LogP contribution in [-0.4, -0.2) is 75.7 Å². The number of nitrogens with one attached hydrogen (secondary N) is 4. The second-order valence-corrected chi connectivity index (χ2v) is 8.42. The molecule has 36 heavy (non-hydrogen) atoms. The van der Waals surface area contributed by atoms with E-state index in [9.17, 15) is 29.1 Å². The number of carboxylic acid groups (broad SMARTS) is 1. The van der Waals surface area contributed by atoms with Crippen LogP contribution in [0, 0.1) is 5.92 Å². The van der Waals surface area contributed by atoms with Gasteiger partial charge in [0, 0.05) is 18.2 Å². The van der Waals surface area contributed by atoms with Crippen molar-refractivity contribution in [1.82, 2.24) is 16.0 Å². The van der Waals surface area contributed by atoms with Crippen LogP contribution in [0.25, 0.3) is 0 Å². The first kappa shape index (κ1) is 30.3. The number of carbonyl (C=O) groups excluding carboxylic acids is 4. The third-order valence-electron chi connectivity index (χ3n) is 5.47. The second-order valence-electron chi connectivity index (χ2n) is 8.42. The van der Waals surface area contributed by atoms with E-state index >= 15 is 0 Å². The number of aliphatic carboxylic acids is 1. The minimum Gasteiger partial charge on any atom is -0.508 e. The molecule has 0 aliphatic carbocycles. The van der Waals surface area contributed by atoms with E-state index in [1.165, 1.54) is 31.2 Å². The molecule has 0 radical (unpaired) electrons. The monoisotopic (exact) mass is 509 g/mol. The molecule has 0 aromatic heterocycles. The molecule has 9 N–H and O–H groups in total. The molecule has 13 heteroatoms. The Bertz CT molecular complexity index is 941. The summed E-state index contributed by atoms with van der Waals surface area (Å²) in [5.74, 6) is -4.47. The number of aliphatic hydroxyl groups is 1. The van der Waals surface area contributed by atoms with Crippen molar-refractivity contribution in [1.29, 1.82) is 0 Å². The van der Waals surface area contributed by atoms with Crippen LogP contribution in [0.3, 0.4) is 0 Å². The van der Waals surface area contributed by atoms with E-state index in [0.717, 1.165) is 0 Å². The predicted octanol–water partition coefficient (Wildman–Crippen LogP) is -0.964. The van der Waals surface area contributed by atoms with E-state index in [1.807, 2.05) is 0 Å². The van der Waals surface area contributed by atoms with Gasteiger partial charge < -0.3 is 42.3 Å². The first-order valence-corrected chi connectivity index (χ1v) is 11.5. The van der Waals surface area contributed by atoms with Gasteiger partial charge in [0.2, 0.25) is 23.6 Å². The van der Waals surface area contributed by atoms with Crippen molar-refractivity contribution in [2.75, 3.05) is 11.9 Å². The van der Waals surface area contributed by atoms with Crippen LogP contribution in [0.1, 0.15) is 40.0 Å². The second kappa shape index (κ2) is 14.6. The topological polar surface area (TPSA) is 220 Å². The maximum absolute atomic E-state index is 12.8. The van der Waals surface area contributed by atoms with Crippen molar-refractivity contribution in [3.8, 4) is 5.75 Å². The number of carbonyl (C=O) groups is 5. The van der Waals surface area contributed by atoms with Crippen molar-refractivity contribution >= 4 is 35.3 Å². The molecule has 0 saturated heterocycles. The molecule has 4 amide bonds. The van der Waals surface area contributed by atoms with E-state index in [0.29, 0.717) is 6.42 Å². The number of amides is 4. The first-order chi connectivity index (χ1) is 16.9. The van der Waals surface area contributed by atoms with Crippen molar-refractivity contribution in [3.63, 3.8) is 0 Å². The van der Waals surface area contributed by atoms with Crippen LogP contribution in [0.15, 0.2) is 24.3 Å². The summed E-state index contributed by atoms with van der Waals surface area (Å²) in [6.07, 6.45) is -0.122. The zero-order valence-corrected chi connectivity index (χ0v) is 20.5. The Kier molecular flexibility index (Phi) is 12.3. The van der Waals surface area contributed by atoms with Gasteiger partial charge in [0.1, 0.15) is 29.9 Å². The van der Waals surface area contributed by atoms with E-state index in [4.69, 9.17) is 15.9 Å². The molecule has 0 spiro atoms. The molecular formula is C23H35N5O8. The SMILES string of the molecule is CCC(C)C(NC(=O)C(N)CO)C(=O)NC(C)C(=O)NC(CCC(=O)O)C(=O)Nc1cccc(O)c1. The largest absolute Gasteiger partial charge is 0.508 e. The standard InChI is InChI=1S/C23H35N5O8/c1-4-12(2)19(28-21(34)16(24)11-29)23(36)25-13(3)20(33)27-17(8-9-18(31)32)22(35)26-14-6-5-7-15(30)10-14/h5-7,10,12-13,16-17,19,29-30H,4,8-9,11,24H2,1-3H3,(H,25,36)(H,26,35)(H,27,33)(H,28,34)(H,31,32). The predicted molar refractivity (Wildman–Crippen MR) is 130 cm³/mol. The number of phenolic OH excluding ortho intramolecular Hbond substituents is 1. The van der Waals surface area contributed by atoms with Gasteiger partial charge in [-0.2, -0.15) is 0 Å². The lowest BCUT2D eigenvalue weighted by Gasteiger charge is -2.27. The molecule has 1 aromatic carbocycles. The molecule has 0 fully saturated rings. The minimum absolute atomic E-state index is 0.0989. The molecule has 5 atom stereocenters. The van der Waals surface area contributed by atoms with Gasteiger partial charge in [-0.1, -0.05) is 26.3 Å². The quantitative estimate of drug-likeness (QED) is 0.154. The maximum atomic E-state index is 12.8. The molecule has 0 bridgehead atoms. The van der Waals surface area contributed by atoms with Gasteiger partial charge in [-0.25, -0.2) is 0 Å². The first-order valence-electron chi connectivity index (χ1n) is 11.5. The zero-order valence-electron chi connectivity index (χ0n) is 20.5. The van der Waals surface area contributed by atoms with Crippen molar-refractivity contribution in [2.45, 2.75) is 64.2 Å². The number of nitrogens with two attached hydrogens (primary N) is 1. The van der Waals surface area contributed by atoms with Crippen LogP contribution in [0.2, 0.25) is 0 Å². The highest BCUT2D eigenvalue weighted by molar-refractivity contribution is 5.99. The highest BCUT2D eigenvalue weighted by Crippen LogP contribution is 2.16. The fraction of sp³-hybridized carbons (Fsp3) is 0.522. The van der Waals surface area contributed by atoms with E-state index in [-0.39, 0.29) is 23.8 Å². The van der Waals surface area contributed by atoms with Crippen LogP contribution < -0.4 is 27.0 Å². The molecule has 5 unspecified atom stereocenters. The molecule has 0 heterocycles. The molecule has 0 aliphatic heterocycles. The van der Waals surface area contributed by atoms with Gasteiger partial charge in [-0.3, -0.25) is 24.0 Å². The number of phenols is 1. The minimum atomic E-state index is -1.25. The Morgan fingerprint density at radius 2 is 1.64 bits per heavy atom. The lowest BCUT2D eigenvalue weighted by molar-refractivity contribution is -0.138. The number of hydrogen-bond donors (Lipinski definition) is 8. The Hall–Kier alpha value is -3.71. The number of benzene rings is 1. The molecule has 13 nitrogen and oxygen atoms in total. The van der Waals surface area contributed by atoms with Crippen LogP contribution in [-0.2, 0) is 24.0 Å². The zero-order chi connectivity index (χ0) is 27.4. The smallest absolute Gasteiger partial charge is 0.303 e. The van der Waals surface area contributed by atoms with Gasteiger partial charge in [0.25, 0.3) is 0 Å². The van der Waals surface area contributed by atoms with E-state index in [1.54, 1.807) is 13.8 Å². The van der Waals surface area contributed by atoms with Crippen LogP contribution in [0.4, 0.5) is 5.69 Å². The normalized spacial score (nSPS) is 14.9. The Labute approximate surface area is 208 Å². The lowest BCUT2D eigenvalue weighted by Crippen LogP contribution is -2.58.